The van der Waals surface area contributed by atoms with Crippen molar-refractivity contribution < 1.29 is 23.1 Å². The monoisotopic (exact) mass is 285 g/mol. The van der Waals surface area contributed by atoms with E-state index < -0.39 is 29.4 Å². The van der Waals surface area contributed by atoms with Crippen molar-refractivity contribution in [1.82, 2.24) is 5.32 Å². The van der Waals surface area contributed by atoms with Crippen LogP contribution in [0, 0.1) is 11.6 Å². The summed E-state index contributed by atoms with van der Waals surface area (Å²) in [4.78, 5) is 23.3. The molecular weight excluding hydrogens is 268 g/mol. The fourth-order valence-electron chi connectivity index (χ4n) is 1.81. The lowest BCUT2D eigenvalue weighted by Crippen LogP contribution is -2.37. The number of benzene rings is 1. The van der Waals surface area contributed by atoms with Crippen LogP contribution < -0.4 is 5.32 Å². The standard InChI is InChI=1S/C14H17F2NO3/c1-3-17-12(6-7-13(18)20-2)14(19)10-8-9(15)4-5-11(10)16/h4-5,8,12,17H,3,6-7H2,1-2H3. The minimum atomic E-state index is -0.780. The molecule has 0 aliphatic carbocycles. The Kier molecular flexibility index (Phi) is 6.24. The van der Waals surface area contributed by atoms with Gasteiger partial charge in [0.05, 0.1) is 18.7 Å². The summed E-state index contributed by atoms with van der Waals surface area (Å²) in [6.45, 7) is 2.24. The average Bonchev–Trinajstić information content (AvgIpc) is 2.44. The largest absolute Gasteiger partial charge is 0.469 e. The summed E-state index contributed by atoms with van der Waals surface area (Å²) in [7, 11) is 1.25. The maximum Gasteiger partial charge on any atom is 0.305 e. The van der Waals surface area contributed by atoms with Gasteiger partial charge >= 0.3 is 5.97 Å². The highest BCUT2D eigenvalue weighted by atomic mass is 19.1. The molecule has 1 aromatic rings. The number of likely N-dealkylation sites (N-methyl/N-ethyl adjacent to an activating group) is 1. The van der Waals surface area contributed by atoms with Crippen molar-refractivity contribution in [2.75, 3.05) is 13.7 Å². The number of hydrogen-bond donors (Lipinski definition) is 1. The summed E-state index contributed by atoms with van der Waals surface area (Å²) in [6, 6.07) is 1.96. The lowest BCUT2D eigenvalue weighted by molar-refractivity contribution is -0.140. The molecule has 0 fully saturated rings. The lowest BCUT2D eigenvalue weighted by Gasteiger charge is -2.16. The van der Waals surface area contributed by atoms with Gasteiger partial charge in [0.15, 0.2) is 5.78 Å². The second-order valence-electron chi connectivity index (χ2n) is 4.21. The molecule has 1 unspecified atom stereocenters. The van der Waals surface area contributed by atoms with Crippen molar-refractivity contribution in [2.45, 2.75) is 25.8 Å². The van der Waals surface area contributed by atoms with Crippen molar-refractivity contribution >= 4 is 11.8 Å². The predicted molar refractivity (Wildman–Crippen MR) is 69.4 cm³/mol. The number of ketones is 1. The van der Waals surface area contributed by atoms with E-state index in [4.69, 9.17) is 0 Å². The Balaban J connectivity index is 2.87. The summed E-state index contributed by atoms with van der Waals surface area (Å²) < 4.78 is 31.2. The highest BCUT2D eigenvalue weighted by Crippen LogP contribution is 2.14. The third kappa shape index (κ3) is 4.38. The Morgan fingerprint density at radius 2 is 2.05 bits per heavy atom. The summed E-state index contributed by atoms with van der Waals surface area (Å²) in [5, 5.41) is 2.86. The second kappa shape index (κ2) is 7.69. The highest BCUT2D eigenvalue weighted by Gasteiger charge is 2.23. The van der Waals surface area contributed by atoms with E-state index in [1.165, 1.54) is 7.11 Å². The van der Waals surface area contributed by atoms with Gasteiger partial charge < -0.3 is 10.1 Å². The molecule has 6 heteroatoms. The van der Waals surface area contributed by atoms with Gasteiger partial charge in [0.25, 0.3) is 0 Å². The summed E-state index contributed by atoms with van der Waals surface area (Å²) in [5.74, 6) is -2.50. The molecule has 110 valence electrons. The lowest BCUT2D eigenvalue weighted by atomic mass is 9.99. The van der Waals surface area contributed by atoms with Crippen molar-refractivity contribution in [1.29, 1.82) is 0 Å². The molecule has 0 spiro atoms. The number of ether oxygens (including phenoxy) is 1. The molecule has 4 nitrogen and oxygen atoms in total. The topological polar surface area (TPSA) is 55.4 Å². The van der Waals surface area contributed by atoms with E-state index in [9.17, 15) is 18.4 Å². The molecule has 0 radical (unpaired) electrons. The van der Waals surface area contributed by atoms with Crippen LogP contribution >= 0.6 is 0 Å². The van der Waals surface area contributed by atoms with E-state index in [1.807, 2.05) is 0 Å². The van der Waals surface area contributed by atoms with Crippen molar-refractivity contribution in [3.8, 4) is 0 Å². The van der Waals surface area contributed by atoms with Crippen LogP contribution in [0.2, 0.25) is 0 Å². The number of carbonyl (C=O) groups is 2. The molecule has 1 atom stereocenters. The van der Waals surface area contributed by atoms with E-state index >= 15 is 0 Å². The second-order valence-corrected chi connectivity index (χ2v) is 4.21. The van der Waals surface area contributed by atoms with E-state index in [0.717, 1.165) is 18.2 Å². The minimum Gasteiger partial charge on any atom is -0.469 e. The van der Waals surface area contributed by atoms with Gasteiger partial charge in [-0.2, -0.15) is 0 Å². The van der Waals surface area contributed by atoms with Gasteiger partial charge in [0.1, 0.15) is 11.6 Å². The van der Waals surface area contributed by atoms with Crippen LogP contribution in [0.5, 0.6) is 0 Å². The zero-order valence-corrected chi connectivity index (χ0v) is 11.4. The van der Waals surface area contributed by atoms with E-state index in [1.54, 1.807) is 6.92 Å². The third-order valence-electron chi connectivity index (χ3n) is 2.83. The molecular formula is C14H17F2NO3. The van der Waals surface area contributed by atoms with Gasteiger partial charge in [-0.25, -0.2) is 8.78 Å². The molecule has 0 aliphatic rings. The Labute approximate surface area is 116 Å². The number of esters is 1. The molecule has 1 rings (SSSR count). The predicted octanol–water partition coefficient (Wildman–Crippen LogP) is 2.08. The first-order chi connectivity index (χ1) is 9.49. The summed E-state index contributed by atoms with van der Waals surface area (Å²) >= 11 is 0. The number of rotatable bonds is 7. The van der Waals surface area contributed by atoms with Crippen LogP contribution in [0.1, 0.15) is 30.1 Å². The van der Waals surface area contributed by atoms with Crippen LogP contribution in [-0.4, -0.2) is 31.4 Å². The molecule has 0 aromatic heterocycles. The molecule has 0 saturated carbocycles. The van der Waals surface area contributed by atoms with Crippen LogP contribution in [0.4, 0.5) is 8.78 Å². The van der Waals surface area contributed by atoms with Crippen molar-refractivity contribution in [3.05, 3.63) is 35.4 Å². The van der Waals surface area contributed by atoms with E-state index in [0.29, 0.717) is 6.54 Å². The van der Waals surface area contributed by atoms with Crippen LogP contribution in [0.3, 0.4) is 0 Å². The number of halogens is 2. The van der Waals surface area contributed by atoms with Gasteiger partial charge in [-0.15, -0.1) is 0 Å². The summed E-state index contributed by atoms with van der Waals surface area (Å²) in [5.41, 5.74) is -0.319. The molecule has 0 bridgehead atoms. The first kappa shape index (κ1) is 16.2. The Morgan fingerprint density at radius 3 is 2.65 bits per heavy atom. The molecule has 1 N–H and O–H groups in total. The molecule has 0 aliphatic heterocycles. The zero-order chi connectivity index (χ0) is 15.1. The van der Waals surface area contributed by atoms with E-state index in [-0.39, 0.29) is 18.4 Å². The molecule has 0 saturated heterocycles. The smallest absolute Gasteiger partial charge is 0.305 e. The number of Topliss-reactive ketones (excluding diaryl/α,β-unsaturated/α-hetero) is 1. The molecule has 0 amide bonds. The van der Waals surface area contributed by atoms with Crippen LogP contribution in [-0.2, 0) is 9.53 Å². The van der Waals surface area contributed by atoms with Gasteiger partial charge in [-0.1, -0.05) is 6.92 Å². The normalized spacial score (nSPS) is 12.0. The zero-order valence-electron chi connectivity index (χ0n) is 11.4. The van der Waals surface area contributed by atoms with Crippen molar-refractivity contribution in [3.63, 3.8) is 0 Å². The molecule has 1 aromatic carbocycles. The van der Waals surface area contributed by atoms with Gasteiger partial charge in [0.2, 0.25) is 0 Å². The number of carbonyl (C=O) groups excluding carboxylic acids is 2. The first-order valence-corrected chi connectivity index (χ1v) is 6.29. The molecule has 0 heterocycles. The maximum absolute atomic E-state index is 13.6. The van der Waals surface area contributed by atoms with E-state index in [2.05, 4.69) is 10.1 Å². The minimum absolute atomic E-state index is 0.0246. The Bertz CT molecular complexity index is 491. The summed E-state index contributed by atoms with van der Waals surface area (Å²) in [6.07, 6.45) is 0.187. The van der Waals surface area contributed by atoms with Crippen molar-refractivity contribution in [2.24, 2.45) is 0 Å². The highest BCUT2D eigenvalue weighted by molar-refractivity contribution is 6.00. The Morgan fingerprint density at radius 1 is 1.35 bits per heavy atom. The van der Waals surface area contributed by atoms with Gasteiger partial charge in [-0.3, -0.25) is 9.59 Å². The first-order valence-electron chi connectivity index (χ1n) is 6.29. The number of nitrogens with one attached hydrogen (secondary N) is 1. The van der Waals surface area contributed by atoms with Gasteiger partial charge in [-0.05, 0) is 31.2 Å². The SMILES string of the molecule is CCNC(CCC(=O)OC)C(=O)c1cc(F)ccc1F. The number of hydrogen-bond acceptors (Lipinski definition) is 4. The van der Waals surface area contributed by atoms with Gasteiger partial charge in [0, 0.05) is 6.42 Å². The quantitative estimate of drug-likeness (QED) is 0.615. The van der Waals surface area contributed by atoms with Crippen LogP contribution in [0.25, 0.3) is 0 Å². The number of methoxy groups -OCH3 is 1. The molecule has 20 heavy (non-hydrogen) atoms. The Hall–Kier alpha value is -1.82. The fourth-order valence-corrected chi connectivity index (χ4v) is 1.81. The fraction of sp³-hybridized carbons (Fsp3) is 0.429. The van der Waals surface area contributed by atoms with Crippen LogP contribution in [0.15, 0.2) is 18.2 Å². The average molecular weight is 285 g/mol. The maximum atomic E-state index is 13.6. The third-order valence-corrected chi connectivity index (χ3v) is 2.83.